The maximum Gasteiger partial charge on any atom is 0.266 e. The Morgan fingerprint density at radius 1 is 0.865 bits per heavy atom. The Morgan fingerprint density at radius 2 is 1.62 bits per heavy atom. The number of unbranched alkanes of at least 4 members (excludes halogenated alkanes) is 1. The van der Waals surface area contributed by atoms with Crippen LogP contribution in [0, 0.1) is 12.8 Å². The fourth-order valence-electron chi connectivity index (χ4n) is 5.03. The predicted molar refractivity (Wildman–Crippen MR) is 142 cm³/mol. The summed E-state index contributed by atoms with van der Waals surface area (Å²) < 4.78 is 11.9. The summed E-state index contributed by atoms with van der Waals surface area (Å²) in [6, 6.07) is 22.2. The van der Waals surface area contributed by atoms with Gasteiger partial charge in [0.05, 0.1) is 30.6 Å². The van der Waals surface area contributed by atoms with Gasteiger partial charge in [-0.25, -0.2) is 9.96 Å². The first kappa shape index (κ1) is 24.8. The number of hydrogen-bond donors (Lipinski definition) is 0. The molecule has 2 saturated heterocycles. The zero-order chi connectivity index (χ0) is 25.9. The van der Waals surface area contributed by atoms with E-state index in [4.69, 9.17) is 14.3 Å². The van der Waals surface area contributed by atoms with Crippen molar-refractivity contribution in [3.05, 3.63) is 83.9 Å². The lowest BCUT2D eigenvalue weighted by Gasteiger charge is -2.29. The third kappa shape index (κ3) is 4.55. The maximum absolute atomic E-state index is 13.9. The lowest BCUT2D eigenvalue weighted by atomic mass is 9.90. The fourth-order valence-corrected chi connectivity index (χ4v) is 5.03. The summed E-state index contributed by atoms with van der Waals surface area (Å²) in [5.74, 6) is -0.0591. The van der Waals surface area contributed by atoms with Gasteiger partial charge in [0.15, 0.2) is 17.6 Å². The highest BCUT2D eigenvalue weighted by Gasteiger charge is 2.60. The van der Waals surface area contributed by atoms with Crippen molar-refractivity contribution in [2.45, 2.75) is 45.8 Å². The third-order valence-electron chi connectivity index (χ3n) is 6.85. The van der Waals surface area contributed by atoms with Gasteiger partial charge in [0.25, 0.3) is 5.91 Å². The minimum atomic E-state index is -0.923. The number of fused-ring (bicyclic) bond motifs is 1. The number of anilines is 2. The lowest BCUT2D eigenvalue weighted by Crippen LogP contribution is -2.37. The molecule has 0 radical (unpaired) electrons. The summed E-state index contributed by atoms with van der Waals surface area (Å²) >= 11 is 0. The quantitative estimate of drug-likeness (QED) is 0.280. The Balaban J connectivity index is 1.56. The Morgan fingerprint density at radius 3 is 2.35 bits per heavy atom. The van der Waals surface area contributed by atoms with Crippen molar-refractivity contribution in [1.82, 2.24) is 0 Å². The molecule has 3 aromatic rings. The molecule has 2 heterocycles. The van der Waals surface area contributed by atoms with E-state index in [0.29, 0.717) is 30.4 Å². The first-order valence-electron chi connectivity index (χ1n) is 12.9. The van der Waals surface area contributed by atoms with E-state index in [0.717, 1.165) is 29.7 Å². The number of hydroxylamine groups is 1. The van der Waals surface area contributed by atoms with Crippen LogP contribution in [-0.4, -0.2) is 31.1 Å². The molecule has 7 nitrogen and oxygen atoms in total. The molecule has 3 aromatic carbocycles. The standard InChI is InChI=1S/C30H32N2O5/c1-4-6-18-36-24-17-16-21(19-25(24)35-5-2)27-26-28(37-32(27)22-13-8-7-9-14-22)30(34)31(29(26)33)23-15-11-10-12-20(23)3/h7-17,19,26-28H,4-6,18H2,1-3H3/t26-,27+,28+/m1/s1. The summed E-state index contributed by atoms with van der Waals surface area (Å²) in [4.78, 5) is 35.0. The zero-order valence-electron chi connectivity index (χ0n) is 21.4. The molecule has 0 unspecified atom stereocenters. The molecule has 0 aliphatic carbocycles. The van der Waals surface area contributed by atoms with Gasteiger partial charge in [-0.1, -0.05) is 55.8 Å². The molecule has 0 N–H and O–H groups in total. The molecule has 2 fully saturated rings. The van der Waals surface area contributed by atoms with Crippen LogP contribution in [0.25, 0.3) is 0 Å². The molecule has 2 aliphatic heterocycles. The Bertz CT molecular complexity index is 1280. The minimum absolute atomic E-state index is 0.269. The van der Waals surface area contributed by atoms with Gasteiger partial charge in [-0.2, -0.15) is 0 Å². The highest BCUT2D eigenvalue weighted by atomic mass is 16.7. The Labute approximate surface area is 217 Å². The maximum atomic E-state index is 13.9. The predicted octanol–water partition coefficient (Wildman–Crippen LogP) is 5.62. The van der Waals surface area contributed by atoms with Crippen molar-refractivity contribution in [3.8, 4) is 11.5 Å². The molecule has 192 valence electrons. The van der Waals surface area contributed by atoms with E-state index in [9.17, 15) is 9.59 Å². The van der Waals surface area contributed by atoms with Crippen molar-refractivity contribution in [2.24, 2.45) is 5.92 Å². The van der Waals surface area contributed by atoms with E-state index in [-0.39, 0.29) is 11.8 Å². The number of hydrogen-bond acceptors (Lipinski definition) is 6. The molecular weight excluding hydrogens is 468 g/mol. The van der Waals surface area contributed by atoms with Gasteiger partial charge in [-0.05, 0) is 61.7 Å². The van der Waals surface area contributed by atoms with E-state index >= 15 is 0 Å². The molecule has 2 aliphatic rings. The van der Waals surface area contributed by atoms with Crippen molar-refractivity contribution < 1.29 is 23.9 Å². The molecule has 5 rings (SSSR count). The summed E-state index contributed by atoms with van der Waals surface area (Å²) in [6.07, 6.45) is 1.05. The molecule has 3 atom stereocenters. The second-order valence-electron chi connectivity index (χ2n) is 9.30. The summed E-state index contributed by atoms with van der Waals surface area (Å²) in [5, 5.41) is 1.70. The van der Waals surface area contributed by atoms with Gasteiger partial charge in [-0.15, -0.1) is 0 Å². The van der Waals surface area contributed by atoms with Crippen LogP contribution < -0.4 is 19.4 Å². The van der Waals surface area contributed by atoms with Gasteiger partial charge >= 0.3 is 0 Å². The van der Waals surface area contributed by atoms with Crippen LogP contribution in [-0.2, 0) is 14.4 Å². The van der Waals surface area contributed by atoms with Gasteiger partial charge in [0, 0.05) is 0 Å². The second kappa shape index (κ2) is 10.6. The number of aryl methyl sites for hydroxylation is 1. The number of rotatable bonds is 9. The molecule has 7 heteroatoms. The van der Waals surface area contributed by atoms with Crippen LogP contribution in [0.3, 0.4) is 0 Å². The molecule has 37 heavy (non-hydrogen) atoms. The first-order chi connectivity index (χ1) is 18.0. The number of benzene rings is 3. The Hall–Kier alpha value is -3.84. The van der Waals surface area contributed by atoms with Crippen LogP contribution in [0.15, 0.2) is 72.8 Å². The fraction of sp³-hybridized carbons (Fsp3) is 0.333. The SMILES string of the molecule is CCCCOc1ccc([C@H]2[C@H]3C(=O)N(c4ccccc4C)C(=O)[C@H]3ON2c2ccccc2)cc1OCC. The van der Waals surface area contributed by atoms with Crippen LogP contribution in [0.1, 0.15) is 43.9 Å². The number of carbonyl (C=O) groups is 2. The Kier molecular flexibility index (Phi) is 7.15. The minimum Gasteiger partial charge on any atom is -0.490 e. The van der Waals surface area contributed by atoms with Crippen LogP contribution in [0.5, 0.6) is 11.5 Å². The lowest BCUT2D eigenvalue weighted by molar-refractivity contribution is -0.126. The average Bonchev–Trinajstić information content (AvgIpc) is 3.42. The average molecular weight is 501 g/mol. The molecule has 0 aromatic heterocycles. The monoisotopic (exact) mass is 500 g/mol. The molecular formula is C30H32N2O5. The van der Waals surface area contributed by atoms with Crippen molar-refractivity contribution in [1.29, 1.82) is 0 Å². The number of imide groups is 1. The topological polar surface area (TPSA) is 68.3 Å². The van der Waals surface area contributed by atoms with Crippen LogP contribution >= 0.6 is 0 Å². The number of para-hydroxylation sites is 2. The van der Waals surface area contributed by atoms with E-state index in [1.165, 1.54) is 4.90 Å². The van der Waals surface area contributed by atoms with Crippen LogP contribution in [0.2, 0.25) is 0 Å². The molecule has 0 bridgehead atoms. The van der Waals surface area contributed by atoms with Gasteiger partial charge in [0.1, 0.15) is 5.92 Å². The number of amides is 2. The largest absolute Gasteiger partial charge is 0.490 e. The van der Waals surface area contributed by atoms with E-state index < -0.39 is 18.1 Å². The third-order valence-corrected chi connectivity index (χ3v) is 6.85. The smallest absolute Gasteiger partial charge is 0.266 e. The first-order valence-corrected chi connectivity index (χ1v) is 12.9. The highest BCUT2D eigenvalue weighted by Crippen LogP contribution is 2.49. The van der Waals surface area contributed by atoms with E-state index in [2.05, 4.69) is 6.92 Å². The summed E-state index contributed by atoms with van der Waals surface area (Å²) in [7, 11) is 0. The zero-order valence-corrected chi connectivity index (χ0v) is 21.4. The molecule has 0 saturated carbocycles. The van der Waals surface area contributed by atoms with Gasteiger partial charge < -0.3 is 9.47 Å². The molecule has 0 spiro atoms. The summed E-state index contributed by atoms with van der Waals surface area (Å²) in [5.41, 5.74) is 3.03. The van der Waals surface area contributed by atoms with Gasteiger partial charge in [-0.3, -0.25) is 14.4 Å². The number of carbonyl (C=O) groups excluding carboxylic acids is 2. The molecule has 2 amide bonds. The van der Waals surface area contributed by atoms with Crippen molar-refractivity contribution in [3.63, 3.8) is 0 Å². The normalized spacial score (nSPS) is 20.9. The summed E-state index contributed by atoms with van der Waals surface area (Å²) in [6.45, 7) is 7.00. The van der Waals surface area contributed by atoms with Gasteiger partial charge in [0.2, 0.25) is 5.91 Å². The van der Waals surface area contributed by atoms with E-state index in [1.54, 1.807) is 11.1 Å². The van der Waals surface area contributed by atoms with Crippen LogP contribution in [0.4, 0.5) is 11.4 Å². The van der Waals surface area contributed by atoms with E-state index in [1.807, 2.05) is 80.6 Å². The highest BCUT2D eigenvalue weighted by molar-refractivity contribution is 6.24. The second-order valence-corrected chi connectivity index (χ2v) is 9.30. The van der Waals surface area contributed by atoms with Crippen molar-refractivity contribution in [2.75, 3.05) is 23.2 Å². The number of ether oxygens (including phenoxy) is 2. The van der Waals surface area contributed by atoms with Crippen molar-refractivity contribution >= 4 is 23.2 Å². The number of nitrogens with zero attached hydrogens (tertiary/aromatic N) is 2.